The van der Waals surface area contributed by atoms with Gasteiger partial charge in [0.15, 0.2) is 0 Å². The normalized spacial score (nSPS) is 13.6. The number of fused-ring (bicyclic) bond motifs is 1. The van der Waals surface area contributed by atoms with Crippen LogP contribution >= 0.6 is 0 Å². The number of carbonyl (C=O) groups is 2. The Kier molecular flexibility index (Phi) is 4.10. The molecule has 0 bridgehead atoms. The minimum atomic E-state index is -0.553. The molecule has 0 spiro atoms. The van der Waals surface area contributed by atoms with E-state index in [1.165, 1.54) is 24.3 Å². The molecule has 0 N–H and O–H groups in total. The van der Waals surface area contributed by atoms with Crippen molar-refractivity contribution in [1.29, 1.82) is 5.26 Å². The lowest BCUT2D eigenvalue weighted by Crippen LogP contribution is -2.31. The molecule has 7 nitrogen and oxygen atoms in total. The van der Waals surface area contributed by atoms with E-state index < -0.39 is 16.7 Å². The van der Waals surface area contributed by atoms with Crippen LogP contribution in [0, 0.1) is 21.4 Å². The number of hydrogen-bond acceptors (Lipinski definition) is 5. The summed E-state index contributed by atoms with van der Waals surface area (Å²) in [7, 11) is 0. The third-order valence-electron chi connectivity index (χ3n) is 3.81. The summed E-state index contributed by atoms with van der Waals surface area (Å²) in [5.41, 5.74) is 0.730. The van der Waals surface area contributed by atoms with E-state index in [0.29, 0.717) is 0 Å². The maximum atomic E-state index is 12.3. The van der Waals surface area contributed by atoms with Crippen molar-refractivity contribution >= 4 is 23.6 Å². The summed E-state index contributed by atoms with van der Waals surface area (Å²) in [4.78, 5) is 36.2. The highest BCUT2D eigenvalue weighted by atomic mass is 16.6. The molecule has 0 saturated heterocycles. The second-order valence-corrected chi connectivity index (χ2v) is 5.34. The van der Waals surface area contributed by atoms with Gasteiger partial charge in [-0.25, -0.2) is 0 Å². The minimum absolute atomic E-state index is 0.0730. The number of imide groups is 1. The number of rotatable bonds is 4. The molecule has 2 aromatic carbocycles. The van der Waals surface area contributed by atoms with Gasteiger partial charge in [-0.05, 0) is 24.3 Å². The van der Waals surface area contributed by atoms with Crippen LogP contribution in [0.5, 0.6) is 0 Å². The first-order chi connectivity index (χ1) is 12.0. The fraction of sp³-hybridized carbons (Fsp3) is 0.0556. The van der Waals surface area contributed by atoms with Gasteiger partial charge in [0.25, 0.3) is 17.5 Å². The first-order valence-corrected chi connectivity index (χ1v) is 7.32. The quantitative estimate of drug-likeness (QED) is 0.370. The van der Waals surface area contributed by atoms with Gasteiger partial charge in [0, 0.05) is 6.07 Å². The van der Waals surface area contributed by atoms with E-state index in [1.807, 2.05) is 6.07 Å². The monoisotopic (exact) mass is 333 g/mol. The molecule has 0 atom stereocenters. The van der Waals surface area contributed by atoms with Gasteiger partial charge in [0.2, 0.25) is 0 Å². The smallest absolute Gasteiger partial charge is 0.269 e. The van der Waals surface area contributed by atoms with Crippen LogP contribution in [0.15, 0.2) is 54.1 Å². The average Bonchev–Trinajstić information content (AvgIpc) is 2.86. The van der Waals surface area contributed by atoms with Crippen LogP contribution in [0.3, 0.4) is 0 Å². The Morgan fingerprint density at radius 2 is 1.64 bits per heavy atom. The third-order valence-corrected chi connectivity index (χ3v) is 3.81. The summed E-state index contributed by atoms with van der Waals surface area (Å²) in [6, 6.07) is 14.3. The lowest BCUT2D eigenvalue weighted by Gasteiger charge is -2.12. The highest BCUT2D eigenvalue weighted by molar-refractivity contribution is 6.21. The average molecular weight is 333 g/mol. The molecule has 2 aromatic rings. The van der Waals surface area contributed by atoms with Gasteiger partial charge in [0.05, 0.1) is 39.8 Å². The molecule has 0 saturated carbocycles. The fourth-order valence-electron chi connectivity index (χ4n) is 2.63. The summed E-state index contributed by atoms with van der Waals surface area (Å²) in [5.74, 6) is -0.964. The summed E-state index contributed by atoms with van der Waals surface area (Å²) in [6.45, 7) is -0.241. The summed E-state index contributed by atoms with van der Waals surface area (Å²) in [6.07, 6.45) is 1.32. The van der Waals surface area contributed by atoms with Crippen molar-refractivity contribution in [3.05, 3.63) is 80.9 Å². The molecular weight excluding hydrogens is 322 g/mol. The van der Waals surface area contributed by atoms with E-state index in [4.69, 9.17) is 0 Å². The third kappa shape index (κ3) is 2.88. The van der Waals surface area contributed by atoms with E-state index in [2.05, 4.69) is 0 Å². The van der Waals surface area contributed by atoms with Crippen molar-refractivity contribution in [3.8, 4) is 6.07 Å². The Balaban J connectivity index is 1.93. The Morgan fingerprint density at radius 1 is 1.08 bits per heavy atom. The SMILES string of the molecule is N#C/C(=C\c1ccccc1[N+](=O)[O-])CN1C(=O)c2ccccc2C1=O. The maximum absolute atomic E-state index is 12.3. The number of amides is 2. The molecule has 7 heteroatoms. The molecule has 0 aromatic heterocycles. The maximum Gasteiger partial charge on any atom is 0.276 e. The number of nitrogens with zero attached hydrogens (tertiary/aromatic N) is 3. The van der Waals surface area contributed by atoms with E-state index in [0.717, 1.165) is 4.90 Å². The standard InChI is InChI=1S/C18H11N3O4/c19-10-12(9-13-5-1-4-8-16(13)21(24)25)11-20-17(22)14-6-2-3-7-15(14)18(20)23/h1-9H,11H2/b12-9+. The van der Waals surface area contributed by atoms with E-state index in [1.54, 1.807) is 30.3 Å². The lowest BCUT2D eigenvalue weighted by molar-refractivity contribution is -0.385. The summed E-state index contributed by atoms with van der Waals surface area (Å²) < 4.78 is 0. The number of para-hydroxylation sites is 1. The van der Waals surface area contributed by atoms with Crippen LogP contribution in [-0.2, 0) is 0 Å². The van der Waals surface area contributed by atoms with Gasteiger partial charge in [-0.15, -0.1) is 0 Å². The number of benzene rings is 2. The number of nitriles is 1. The molecule has 0 aliphatic carbocycles. The van der Waals surface area contributed by atoms with E-state index in [-0.39, 0.29) is 34.5 Å². The van der Waals surface area contributed by atoms with Crippen LogP contribution < -0.4 is 0 Å². The second kappa shape index (κ2) is 6.37. The molecule has 1 aliphatic heterocycles. The zero-order valence-electron chi connectivity index (χ0n) is 12.9. The van der Waals surface area contributed by atoms with Crippen molar-refractivity contribution in [2.75, 3.05) is 6.54 Å². The first-order valence-electron chi connectivity index (χ1n) is 7.32. The van der Waals surface area contributed by atoms with Crippen molar-refractivity contribution in [1.82, 2.24) is 4.90 Å². The molecule has 122 valence electrons. The molecule has 2 amide bonds. The van der Waals surface area contributed by atoms with Crippen molar-refractivity contribution in [3.63, 3.8) is 0 Å². The number of nitro groups is 1. The Bertz CT molecular complexity index is 937. The zero-order valence-corrected chi connectivity index (χ0v) is 12.9. The van der Waals surface area contributed by atoms with Crippen molar-refractivity contribution in [2.45, 2.75) is 0 Å². The largest absolute Gasteiger partial charge is 0.276 e. The van der Waals surface area contributed by atoms with Gasteiger partial charge >= 0.3 is 0 Å². The molecule has 0 radical (unpaired) electrons. The lowest BCUT2D eigenvalue weighted by atomic mass is 10.1. The highest BCUT2D eigenvalue weighted by Gasteiger charge is 2.35. The second-order valence-electron chi connectivity index (χ2n) is 5.34. The Morgan fingerprint density at radius 3 is 2.20 bits per heavy atom. The molecule has 0 unspecified atom stereocenters. The van der Waals surface area contributed by atoms with Gasteiger partial charge in [0.1, 0.15) is 0 Å². The molecule has 1 aliphatic rings. The molecule has 25 heavy (non-hydrogen) atoms. The van der Waals surface area contributed by atoms with Gasteiger partial charge in [-0.1, -0.05) is 24.3 Å². The van der Waals surface area contributed by atoms with Crippen molar-refractivity contribution < 1.29 is 14.5 Å². The highest BCUT2D eigenvalue weighted by Crippen LogP contribution is 2.25. The number of carbonyl (C=O) groups excluding carboxylic acids is 2. The zero-order chi connectivity index (χ0) is 18.0. The predicted molar refractivity (Wildman–Crippen MR) is 88.5 cm³/mol. The summed E-state index contributed by atoms with van der Waals surface area (Å²) >= 11 is 0. The van der Waals surface area contributed by atoms with Gasteiger partial charge in [-0.2, -0.15) is 5.26 Å². The first kappa shape index (κ1) is 16.1. The van der Waals surface area contributed by atoms with Crippen LogP contribution in [0.2, 0.25) is 0 Å². The Labute approximate surface area is 142 Å². The molecule has 3 rings (SSSR count). The molecule has 1 heterocycles. The van der Waals surface area contributed by atoms with Crippen LogP contribution in [0.4, 0.5) is 5.69 Å². The van der Waals surface area contributed by atoms with E-state index in [9.17, 15) is 25.0 Å². The fourth-order valence-corrected chi connectivity index (χ4v) is 2.63. The van der Waals surface area contributed by atoms with E-state index >= 15 is 0 Å². The predicted octanol–water partition coefficient (Wildman–Crippen LogP) is 2.80. The minimum Gasteiger partial charge on any atom is -0.269 e. The summed E-state index contributed by atoms with van der Waals surface area (Å²) in [5, 5.41) is 20.4. The molecule has 0 fully saturated rings. The Hall–Kier alpha value is -3.79. The van der Waals surface area contributed by atoms with Crippen LogP contribution in [0.1, 0.15) is 26.3 Å². The molecular formula is C18H11N3O4. The van der Waals surface area contributed by atoms with Crippen LogP contribution in [0.25, 0.3) is 6.08 Å². The van der Waals surface area contributed by atoms with Gasteiger partial charge in [-0.3, -0.25) is 24.6 Å². The topological polar surface area (TPSA) is 104 Å². The number of nitro benzene ring substituents is 1. The van der Waals surface area contributed by atoms with Crippen molar-refractivity contribution in [2.24, 2.45) is 0 Å². The van der Waals surface area contributed by atoms with Gasteiger partial charge < -0.3 is 0 Å². The van der Waals surface area contributed by atoms with Crippen LogP contribution in [-0.4, -0.2) is 28.2 Å². The number of hydrogen-bond donors (Lipinski definition) is 0.